The predicted octanol–water partition coefficient (Wildman–Crippen LogP) is 2.06. The lowest BCUT2D eigenvalue weighted by atomic mass is 9.76. The Kier molecular flexibility index (Phi) is 4.00. The first-order valence-corrected chi connectivity index (χ1v) is 6.32. The van der Waals surface area contributed by atoms with Crippen molar-refractivity contribution in [3.8, 4) is 0 Å². The Morgan fingerprint density at radius 1 is 1.38 bits per heavy atom. The van der Waals surface area contributed by atoms with E-state index >= 15 is 0 Å². The van der Waals surface area contributed by atoms with E-state index in [0.29, 0.717) is 6.54 Å². The third-order valence-electron chi connectivity index (χ3n) is 3.68. The molecule has 3 N–H and O–H groups in total. The molecule has 0 saturated heterocycles. The smallest absolute Gasteiger partial charge is 0.225 e. The van der Waals surface area contributed by atoms with Gasteiger partial charge in [0.25, 0.3) is 0 Å². The van der Waals surface area contributed by atoms with Crippen LogP contribution in [-0.2, 0) is 4.79 Å². The van der Waals surface area contributed by atoms with Crippen molar-refractivity contribution >= 4 is 5.91 Å². The van der Waals surface area contributed by atoms with Crippen LogP contribution in [0.4, 0.5) is 0 Å². The largest absolute Gasteiger partial charge is 0.349 e. The third kappa shape index (κ3) is 3.21. The van der Waals surface area contributed by atoms with E-state index in [1.54, 1.807) is 0 Å². The minimum absolute atomic E-state index is 0.118. The summed E-state index contributed by atoms with van der Waals surface area (Å²) in [7, 11) is 0. The predicted molar refractivity (Wildman–Crippen MR) is 67.0 cm³/mol. The molecule has 3 nitrogen and oxygen atoms in total. The molecule has 1 rings (SSSR count). The first-order valence-electron chi connectivity index (χ1n) is 6.32. The molecule has 0 atom stereocenters. The quantitative estimate of drug-likeness (QED) is 0.757. The fourth-order valence-electron chi connectivity index (χ4n) is 2.12. The van der Waals surface area contributed by atoms with Gasteiger partial charge in [-0.1, -0.05) is 27.7 Å². The van der Waals surface area contributed by atoms with E-state index in [9.17, 15) is 4.79 Å². The lowest BCUT2D eigenvalue weighted by molar-refractivity contribution is -0.131. The SMILES string of the molecule is CC1CCC(CN)(NC(=O)C(C)(C)C)CC1. The van der Waals surface area contributed by atoms with E-state index in [1.165, 1.54) is 12.8 Å². The van der Waals surface area contributed by atoms with Crippen molar-refractivity contribution in [2.24, 2.45) is 17.1 Å². The van der Waals surface area contributed by atoms with Crippen LogP contribution in [0.1, 0.15) is 53.4 Å². The summed E-state index contributed by atoms with van der Waals surface area (Å²) >= 11 is 0. The normalized spacial score (nSPS) is 31.2. The Balaban J connectivity index is 2.65. The number of carbonyl (C=O) groups excluding carboxylic acids is 1. The topological polar surface area (TPSA) is 55.1 Å². The van der Waals surface area contributed by atoms with Gasteiger partial charge in [0.2, 0.25) is 5.91 Å². The second-order valence-corrected chi connectivity index (χ2v) is 6.37. The molecule has 0 spiro atoms. The second kappa shape index (κ2) is 4.74. The molecule has 0 unspecified atom stereocenters. The fraction of sp³-hybridized carbons (Fsp3) is 0.923. The van der Waals surface area contributed by atoms with Gasteiger partial charge >= 0.3 is 0 Å². The van der Waals surface area contributed by atoms with E-state index in [2.05, 4.69) is 12.2 Å². The van der Waals surface area contributed by atoms with Crippen LogP contribution in [0.5, 0.6) is 0 Å². The lowest BCUT2D eigenvalue weighted by Gasteiger charge is -2.40. The molecule has 0 aromatic carbocycles. The summed E-state index contributed by atoms with van der Waals surface area (Å²) in [5, 5.41) is 3.18. The molecule has 94 valence electrons. The van der Waals surface area contributed by atoms with Gasteiger partial charge < -0.3 is 11.1 Å². The fourth-order valence-corrected chi connectivity index (χ4v) is 2.12. The standard InChI is InChI=1S/C13H26N2O/c1-10-5-7-13(9-14,8-6-10)15-11(16)12(2,3)4/h10H,5-9,14H2,1-4H3,(H,15,16). The van der Waals surface area contributed by atoms with Gasteiger partial charge in [0.15, 0.2) is 0 Å². The number of hydrogen-bond donors (Lipinski definition) is 2. The summed E-state index contributed by atoms with van der Waals surface area (Å²) in [6.45, 7) is 8.65. The summed E-state index contributed by atoms with van der Waals surface area (Å²) in [5.74, 6) is 0.888. The Morgan fingerprint density at radius 3 is 2.25 bits per heavy atom. The van der Waals surface area contributed by atoms with Gasteiger partial charge in [-0.15, -0.1) is 0 Å². The van der Waals surface area contributed by atoms with Crippen molar-refractivity contribution in [2.75, 3.05) is 6.54 Å². The highest BCUT2D eigenvalue weighted by Crippen LogP contribution is 2.32. The number of rotatable bonds is 2. The zero-order valence-electron chi connectivity index (χ0n) is 11.1. The monoisotopic (exact) mass is 226 g/mol. The molecule has 1 fully saturated rings. The van der Waals surface area contributed by atoms with E-state index in [1.807, 2.05) is 20.8 Å². The zero-order chi connectivity index (χ0) is 12.4. The first kappa shape index (κ1) is 13.5. The average Bonchev–Trinajstić information content (AvgIpc) is 2.20. The minimum atomic E-state index is -0.328. The van der Waals surface area contributed by atoms with Crippen LogP contribution in [0.25, 0.3) is 0 Å². The summed E-state index contributed by atoms with van der Waals surface area (Å²) < 4.78 is 0. The summed E-state index contributed by atoms with van der Waals surface area (Å²) in [6.07, 6.45) is 4.38. The first-order chi connectivity index (χ1) is 7.29. The minimum Gasteiger partial charge on any atom is -0.349 e. The molecule has 0 bridgehead atoms. The Hall–Kier alpha value is -0.570. The van der Waals surface area contributed by atoms with Crippen molar-refractivity contribution < 1.29 is 4.79 Å². The Bertz CT molecular complexity index is 247. The van der Waals surface area contributed by atoms with Crippen LogP contribution < -0.4 is 11.1 Å². The van der Waals surface area contributed by atoms with Crippen LogP contribution in [0.2, 0.25) is 0 Å². The maximum Gasteiger partial charge on any atom is 0.225 e. The Labute approximate surface area is 99.2 Å². The molecular weight excluding hydrogens is 200 g/mol. The molecule has 3 heteroatoms. The lowest BCUT2D eigenvalue weighted by Crippen LogP contribution is -2.57. The number of nitrogens with two attached hydrogens (primary N) is 1. The highest BCUT2D eigenvalue weighted by molar-refractivity contribution is 5.82. The summed E-state index contributed by atoms with van der Waals surface area (Å²) in [4.78, 5) is 12.0. The van der Waals surface area contributed by atoms with Gasteiger partial charge in [0.05, 0.1) is 5.54 Å². The molecule has 1 saturated carbocycles. The van der Waals surface area contributed by atoms with E-state index in [0.717, 1.165) is 18.8 Å². The molecule has 0 radical (unpaired) electrons. The van der Waals surface area contributed by atoms with Gasteiger partial charge in [0.1, 0.15) is 0 Å². The van der Waals surface area contributed by atoms with Crippen molar-refractivity contribution in [1.82, 2.24) is 5.32 Å². The molecule has 16 heavy (non-hydrogen) atoms. The van der Waals surface area contributed by atoms with Crippen LogP contribution in [-0.4, -0.2) is 18.0 Å². The van der Waals surface area contributed by atoms with E-state index in [4.69, 9.17) is 5.73 Å². The second-order valence-electron chi connectivity index (χ2n) is 6.37. The van der Waals surface area contributed by atoms with Crippen molar-refractivity contribution in [3.05, 3.63) is 0 Å². The Morgan fingerprint density at radius 2 is 1.88 bits per heavy atom. The van der Waals surface area contributed by atoms with Gasteiger partial charge in [-0.2, -0.15) is 0 Å². The molecule has 1 aliphatic rings. The maximum absolute atomic E-state index is 12.0. The molecule has 0 aromatic rings. The van der Waals surface area contributed by atoms with Gasteiger partial charge in [-0.25, -0.2) is 0 Å². The van der Waals surface area contributed by atoms with Gasteiger partial charge in [-0.3, -0.25) is 4.79 Å². The molecule has 0 aromatic heterocycles. The van der Waals surface area contributed by atoms with E-state index in [-0.39, 0.29) is 16.9 Å². The maximum atomic E-state index is 12.0. The van der Waals surface area contributed by atoms with Gasteiger partial charge in [-0.05, 0) is 31.6 Å². The summed E-state index contributed by atoms with van der Waals surface area (Å²) in [6, 6.07) is 0. The van der Waals surface area contributed by atoms with Crippen molar-refractivity contribution in [1.29, 1.82) is 0 Å². The molecule has 0 aliphatic heterocycles. The van der Waals surface area contributed by atoms with Crippen LogP contribution in [0.3, 0.4) is 0 Å². The van der Waals surface area contributed by atoms with Gasteiger partial charge in [0, 0.05) is 12.0 Å². The number of carbonyl (C=O) groups is 1. The number of hydrogen-bond acceptors (Lipinski definition) is 2. The van der Waals surface area contributed by atoms with Crippen molar-refractivity contribution in [3.63, 3.8) is 0 Å². The highest BCUT2D eigenvalue weighted by Gasteiger charge is 2.36. The van der Waals surface area contributed by atoms with Crippen molar-refractivity contribution in [2.45, 2.75) is 58.9 Å². The highest BCUT2D eigenvalue weighted by atomic mass is 16.2. The average molecular weight is 226 g/mol. The van der Waals surface area contributed by atoms with E-state index < -0.39 is 0 Å². The molecule has 1 aliphatic carbocycles. The molecule has 0 heterocycles. The zero-order valence-corrected chi connectivity index (χ0v) is 11.1. The molecule has 1 amide bonds. The molecular formula is C13H26N2O. The van der Waals surface area contributed by atoms with Crippen LogP contribution in [0.15, 0.2) is 0 Å². The number of nitrogens with one attached hydrogen (secondary N) is 1. The summed E-state index contributed by atoms with van der Waals surface area (Å²) in [5.41, 5.74) is 5.39. The number of amides is 1. The van der Waals surface area contributed by atoms with Crippen LogP contribution >= 0.6 is 0 Å². The third-order valence-corrected chi connectivity index (χ3v) is 3.68. The van der Waals surface area contributed by atoms with Crippen LogP contribution in [0, 0.1) is 11.3 Å².